The summed E-state index contributed by atoms with van der Waals surface area (Å²) in [6.45, 7) is 5.19. The maximum atomic E-state index is 4.56. The fourth-order valence-corrected chi connectivity index (χ4v) is 2.41. The monoisotopic (exact) mass is 275 g/mol. The van der Waals surface area contributed by atoms with Gasteiger partial charge in [-0.2, -0.15) is 0 Å². The summed E-state index contributed by atoms with van der Waals surface area (Å²) < 4.78 is 2.13. The highest BCUT2D eigenvalue weighted by Gasteiger charge is 2.07. The Morgan fingerprint density at radius 1 is 1.37 bits per heavy atom. The molecule has 4 heteroatoms. The van der Waals surface area contributed by atoms with E-state index in [1.54, 1.807) is 11.8 Å². The quantitative estimate of drug-likeness (QED) is 0.635. The molecular weight excluding hydrogens is 254 g/mol. The van der Waals surface area contributed by atoms with Gasteiger partial charge < -0.3 is 5.32 Å². The van der Waals surface area contributed by atoms with Crippen LogP contribution >= 0.6 is 11.8 Å². The van der Waals surface area contributed by atoms with Crippen molar-refractivity contribution in [2.45, 2.75) is 31.6 Å². The number of hydrogen-bond donors (Lipinski definition) is 1. The third-order valence-electron chi connectivity index (χ3n) is 2.97. The van der Waals surface area contributed by atoms with Crippen molar-refractivity contribution in [2.24, 2.45) is 0 Å². The molecule has 0 aliphatic rings. The van der Waals surface area contributed by atoms with Crippen LogP contribution in [0.2, 0.25) is 0 Å². The van der Waals surface area contributed by atoms with Crippen molar-refractivity contribution >= 4 is 17.7 Å². The minimum absolute atomic E-state index is 0.934. The third kappa shape index (κ3) is 3.53. The summed E-state index contributed by atoms with van der Waals surface area (Å²) >= 11 is 1.76. The molecule has 0 bridgehead atoms. The van der Waals surface area contributed by atoms with Gasteiger partial charge in [-0.25, -0.2) is 4.98 Å². The van der Waals surface area contributed by atoms with Crippen LogP contribution in [0, 0.1) is 6.92 Å². The Kier molecular flexibility index (Phi) is 4.91. The van der Waals surface area contributed by atoms with Gasteiger partial charge in [-0.1, -0.05) is 19.4 Å². The molecule has 0 aliphatic carbocycles. The Labute approximate surface area is 119 Å². The van der Waals surface area contributed by atoms with E-state index in [1.807, 2.05) is 6.92 Å². The van der Waals surface area contributed by atoms with Crippen LogP contribution in [-0.2, 0) is 0 Å². The third-order valence-corrected chi connectivity index (χ3v) is 3.70. The Morgan fingerprint density at radius 2 is 2.21 bits per heavy atom. The van der Waals surface area contributed by atoms with Crippen molar-refractivity contribution in [3.8, 4) is 5.69 Å². The van der Waals surface area contributed by atoms with Gasteiger partial charge in [-0.05, 0) is 37.8 Å². The zero-order valence-electron chi connectivity index (χ0n) is 11.8. The highest BCUT2D eigenvalue weighted by molar-refractivity contribution is 7.98. The molecule has 0 saturated carbocycles. The second-order valence-electron chi connectivity index (χ2n) is 4.56. The van der Waals surface area contributed by atoms with E-state index in [0.29, 0.717) is 0 Å². The predicted molar refractivity (Wildman–Crippen MR) is 83.5 cm³/mol. The number of unbranched alkanes of at least 4 members (excludes halogenated alkanes) is 1. The van der Waals surface area contributed by atoms with Gasteiger partial charge in [0, 0.05) is 23.3 Å². The van der Waals surface area contributed by atoms with Crippen LogP contribution in [0.4, 0.5) is 5.95 Å². The van der Waals surface area contributed by atoms with E-state index in [1.165, 1.54) is 11.3 Å². The van der Waals surface area contributed by atoms with Crippen molar-refractivity contribution in [3.63, 3.8) is 0 Å². The maximum Gasteiger partial charge on any atom is 0.207 e. The van der Waals surface area contributed by atoms with E-state index < -0.39 is 0 Å². The van der Waals surface area contributed by atoms with Crippen LogP contribution in [-0.4, -0.2) is 22.4 Å². The molecule has 1 heterocycles. The van der Waals surface area contributed by atoms with Gasteiger partial charge >= 0.3 is 0 Å². The fraction of sp³-hybridized carbons (Fsp3) is 0.400. The van der Waals surface area contributed by atoms with Gasteiger partial charge in [-0.3, -0.25) is 4.57 Å². The molecule has 1 aromatic carbocycles. The van der Waals surface area contributed by atoms with E-state index in [2.05, 4.69) is 58.5 Å². The van der Waals surface area contributed by atoms with E-state index in [0.717, 1.165) is 30.3 Å². The summed E-state index contributed by atoms with van der Waals surface area (Å²) in [7, 11) is 0. The molecule has 102 valence electrons. The first kappa shape index (κ1) is 14.0. The molecule has 2 rings (SSSR count). The molecule has 0 fully saturated rings. The van der Waals surface area contributed by atoms with Gasteiger partial charge in [0.1, 0.15) is 0 Å². The minimum Gasteiger partial charge on any atom is -0.355 e. The number of anilines is 1. The zero-order chi connectivity index (χ0) is 13.7. The van der Waals surface area contributed by atoms with Gasteiger partial charge in [0.15, 0.2) is 0 Å². The Bertz CT molecular complexity index is 534. The first-order chi connectivity index (χ1) is 9.24. The highest BCUT2D eigenvalue weighted by Crippen LogP contribution is 2.22. The summed E-state index contributed by atoms with van der Waals surface area (Å²) in [5.41, 5.74) is 2.19. The lowest BCUT2D eigenvalue weighted by Gasteiger charge is -2.10. The standard InChI is InChI=1S/C15H21N3S/c1-4-5-9-16-15-17-12(2)11-18(15)13-7-6-8-14(10-13)19-3/h6-8,10-11H,4-5,9H2,1-3H3,(H,16,17). The predicted octanol–water partition coefficient (Wildman–Crippen LogP) is 4.11. The van der Waals surface area contributed by atoms with Crippen LogP contribution in [0.25, 0.3) is 5.69 Å². The highest BCUT2D eigenvalue weighted by atomic mass is 32.2. The summed E-state index contributed by atoms with van der Waals surface area (Å²) in [6.07, 6.45) is 6.53. The van der Waals surface area contributed by atoms with Crippen LogP contribution < -0.4 is 5.32 Å². The Morgan fingerprint density at radius 3 is 2.95 bits per heavy atom. The Hall–Kier alpha value is -1.42. The molecule has 1 aromatic heterocycles. The van der Waals surface area contributed by atoms with Gasteiger partial charge in [0.2, 0.25) is 5.95 Å². The van der Waals surface area contributed by atoms with Crippen molar-refractivity contribution in [3.05, 3.63) is 36.2 Å². The summed E-state index contributed by atoms with van der Waals surface area (Å²) in [5, 5.41) is 3.42. The second-order valence-corrected chi connectivity index (χ2v) is 5.44. The number of aryl methyl sites for hydroxylation is 1. The van der Waals surface area contributed by atoms with Crippen molar-refractivity contribution in [1.29, 1.82) is 0 Å². The number of benzene rings is 1. The van der Waals surface area contributed by atoms with Gasteiger partial charge in [0.05, 0.1) is 5.69 Å². The number of nitrogens with zero attached hydrogens (tertiary/aromatic N) is 2. The average Bonchev–Trinajstić information content (AvgIpc) is 2.80. The van der Waals surface area contributed by atoms with Crippen LogP contribution in [0.5, 0.6) is 0 Å². The van der Waals surface area contributed by atoms with Crippen molar-refractivity contribution in [2.75, 3.05) is 18.1 Å². The number of thioether (sulfide) groups is 1. The fourth-order valence-electron chi connectivity index (χ4n) is 1.96. The molecule has 0 atom stereocenters. The lowest BCUT2D eigenvalue weighted by Crippen LogP contribution is -2.07. The topological polar surface area (TPSA) is 29.9 Å². The van der Waals surface area contributed by atoms with Gasteiger partial charge in [-0.15, -0.1) is 11.8 Å². The van der Waals surface area contributed by atoms with Crippen LogP contribution in [0.3, 0.4) is 0 Å². The summed E-state index contributed by atoms with van der Waals surface area (Å²) in [4.78, 5) is 5.83. The normalized spacial score (nSPS) is 10.7. The molecule has 1 N–H and O–H groups in total. The van der Waals surface area contributed by atoms with E-state index >= 15 is 0 Å². The molecule has 2 aromatic rings. The van der Waals surface area contributed by atoms with E-state index in [-0.39, 0.29) is 0 Å². The SMILES string of the molecule is CCCCNc1nc(C)cn1-c1cccc(SC)c1. The smallest absolute Gasteiger partial charge is 0.207 e. The number of imidazole rings is 1. The second kappa shape index (κ2) is 6.66. The molecule has 0 amide bonds. The van der Waals surface area contributed by atoms with Crippen molar-refractivity contribution < 1.29 is 0 Å². The Balaban J connectivity index is 2.27. The molecule has 0 unspecified atom stereocenters. The first-order valence-electron chi connectivity index (χ1n) is 6.69. The molecule has 0 spiro atoms. The molecule has 0 saturated heterocycles. The number of aromatic nitrogens is 2. The summed E-state index contributed by atoms with van der Waals surface area (Å²) in [5.74, 6) is 0.934. The van der Waals surface area contributed by atoms with Crippen molar-refractivity contribution in [1.82, 2.24) is 9.55 Å². The molecular formula is C15H21N3S. The van der Waals surface area contributed by atoms with Gasteiger partial charge in [0.25, 0.3) is 0 Å². The molecule has 0 aliphatic heterocycles. The zero-order valence-corrected chi connectivity index (χ0v) is 12.6. The number of nitrogens with one attached hydrogen (secondary N) is 1. The van der Waals surface area contributed by atoms with E-state index in [9.17, 15) is 0 Å². The van der Waals surface area contributed by atoms with Crippen LogP contribution in [0.1, 0.15) is 25.5 Å². The first-order valence-corrected chi connectivity index (χ1v) is 7.91. The van der Waals surface area contributed by atoms with E-state index in [4.69, 9.17) is 0 Å². The number of hydrogen-bond acceptors (Lipinski definition) is 3. The maximum absolute atomic E-state index is 4.56. The molecule has 19 heavy (non-hydrogen) atoms. The minimum atomic E-state index is 0.934. The lowest BCUT2D eigenvalue weighted by molar-refractivity contribution is 0.823. The lowest BCUT2D eigenvalue weighted by atomic mass is 10.3. The number of rotatable bonds is 6. The average molecular weight is 275 g/mol. The molecule has 3 nitrogen and oxygen atoms in total. The van der Waals surface area contributed by atoms with Crippen LogP contribution in [0.15, 0.2) is 35.4 Å². The molecule has 0 radical (unpaired) electrons. The largest absolute Gasteiger partial charge is 0.355 e. The summed E-state index contributed by atoms with van der Waals surface area (Å²) in [6, 6.07) is 8.52.